The summed E-state index contributed by atoms with van der Waals surface area (Å²) in [5, 5.41) is 9.48. The van der Waals surface area contributed by atoms with Gasteiger partial charge in [0.1, 0.15) is 5.76 Å². The van der Waals surface area contributed by atoms with Crippen molar-refractivity contribution in [2.24, 2.45) is 4.99 Å². The normalized spacial score (nSPS) is 12.5. The first-order valence-electron chi connectivity index (χ1n) is 11.0. The van der Waals surface area contributed by atoms with Crippen molar-refractivity contribution in [3.63, 3.8) is 0 Å². The Hall–Kier alpha value is -3.94. The molecule has 1 amide bonds. The number of aliphatic imine (C=N–C) groups is 1. The monoisotopic (exact) mass is 448 g/mol. The summed E-state index contributed by atoms with van der Waals surface area (Å²) < 4.78 is 16.1. The van der Waals surface area contributed by atoms with Crippen molar-refractivity contribution in [3.05, 3.63) is 83.3 Å². The van der Waals surface area contributed by atoms with Gasteiger partial charge < -0.3 is 29.8 Å². The highest BCUT2D eigenvalue weighted by atomic mass is 16.7. The second-order valence-corrected chi connectivity index (χ2v) is 7.52. The van der Waals surface area contributed by atoms with Crippen molar-refractivity contribution >= 4 is 11.9 Å². The van der Waals surface area contributed by atoms with Crippen LogP contribution in [0.3, 0.4) is 0 Å². The summed E-state index contributed by atoms with van der Waals surface area (Å²) in [6, 6.07) is 17.1. The molecule has 172 valence electrons. The van der Waals surface area contributed by atoms with E-state index in [0.717, 1.165) is 48.1 Å². The fourth-order valence-electron chi connectivity index (χ4n) is 3.43. The highest BCUT2D eigenvalue weighted by molar-refractivity contribution is 5.94. The number of rotatable bonds is 9. The number of amides is 1. The first-order chi connectivity index (χ1) is 16.2. The molecule has 8 nitrogen and oxygen atoms in total. The average Bonchev–Trinajstić information content (AvgIpc) is 3.53. The van der Waals surface area contributed by atoms with E-state index in [1.165, 1.54) is 0 Å². The second kappa shape index (κ2) is 11.1. The van der Waals surface area contributed by atoms with E-state index in [1.807, 2.05) is 49.4 Å². The molecule has 2 aromatic carbocycles. The zero-order valence-electron chi connectivity index (χ0n) is 18.6. The smallest absolute Gasteiger partial charge is 0.251 e. The highest BCUT2D eigenvalue weighted by Crippen LogP contribution is 2.32. The molecule has 0 saturated heterocycles. The van der Waals surface area contributed by atoms with Crippen molar-refractivity contribution in [1.29, 1.82) is 0 Å². The minimum atomic E-state index is -0.147. The number of nitrogens with one attached hydrogen (secondary N) is 3. The van der Waals surface area contributed by atoms with Gasteiger partial charge in [-0.1, -0.05) is 18.2 Å². The molecule has 0 spiro atoms. The lowest BCUT2D eigenvalue weighted by Crippen LogP contribution is -2.38. The van der Waals surface area contributed by atoms with Gasteiger partial charge in [0.2, 0.25) is 6.79 Å². The number of guanidine groups is 1. The van der Waals surface area contributed by atoms with Gasteiger partial charge in [0.25, 0.3) is 5.91 Å². The highest BCUT2D eigenvalue weighted by Gasteiger charge is 2.13. The van der Waals surface area contributed by atoms with E-state index in [1.54, 1.807) is 18.4 Å². The van der Waals surface area contributed by atoms with Crippen LogP contribution in [-0.2, 0) is 19.5 Å². The van der Waals surface area contributed by atoms with Crippen molar-refractivity contribution in [1.82, 2.24) is 16.0 Å². The largest absolute Gasteiger partial charge is 0.467 e. The summed E-state index contributed by atoms with van der Waals surface area (Å²) in [4.78, 5) is 17.1. The number of fused-ring (bicyclic) bond motifs is 1. The van der Waals surface area contributed by atoms with Gasteiger partial charge in [0.05, 0.1) is 19.4 Å². The van der Waals surface area contributed by atoms with E-state index in [-0.39, 0.29) is 12.7 Å². The molecule has 2 heterocycles. The van der Waals surface area contributed by atoms with Crippen LogP contribution >= 0.6 is 0 Å². The number of hydrogen-bond donors (Lipinski definition) is 3. The lowest BCUT2D eigenvalue weighted by atomic mass is 10.1. The fourth-order valence-corrected chi connectivity index (χ4v) is 3.43. The Morgan fingerprint density at radius 3 is 2.73 bits per heavy atom. The maximum absolute atomic E-state index is 12.4. The molecule has 4 rings (SSSR count). The Kier molecular flexibility index (Phi) is 7.48. The van der Waals surface area contributed by atoms with Gasteiger partial charge in [-0.05, 0) is 60.9 Å². The molecular formula is C25H28N4O4. The Morgan fingerprint density at radius 1 is 0.970 bits per heavy atom. The molecule has 0 aliphatic carbocycles. The molecule has 1 aromatic heterocycles. The van der Waals surface area contributed by atoms with E-state index in [9.17, 15) is 4.79 Å². The maximum Gasteiger partial charge on any atom is 0.251 e. The van der Waals surface area contributed by atoms with Gasteiger partial charge in [0, 0.05) is 18.7 Å². The first kappa shape index (κ1) is 22.3. The Bertz CT molecular complexity index is 1100. The molecule has 0 saturated carbocycles. The predicted octanol–water partition coefficient (Wildman–Crippen LogP) is 3.24. The van der Waals surface area contributed by atoms with Gasteiger partial charge in [0.15, 0.2) is 17.5 Å². The van der Waals surface area contributed by atoms with Gasteiger partial charge in [-0.3, -0.25) is 4.79 Å². The van der Waals surface area contributed by atoms with Crippen LogP contribution in [0.2, 0.25) is 0 Å². The molecule has 0 unspecified atom stereocenters. The van der Waals surface area contributed by atoms with Gasteiger partial charge in [-0.25, -0.2) is 4.99 Å². The van der Waals surface area contributed by atoms with E-state index in [2.05, 4.69) is 20.9 Å². The Morgan fingerprint density at radius 2 is 1.88 bits per heavy atom. The number of benzene rings is 2. The van der Waals surface area contributed by atoms with Crippen LogP contribution in [0.25, 0.3) is 0 Å². The van der Waals surface area contributed by atoms with Crippen LogP contribution in [0.15, 0.2) is 70.3 Å². The van der Waals surface area contributed by atoms with E-state index in [0.29, 0.717) is 24.4 Å². The number of ether oxygens (including phenoxy) is 2. The molecule has 0 radical (unpaired) electrons. The molecule has 0 bridgehead atoms. The van der Waals surface area contributed by atoms with Crippen molar-refractivity contribution in [2.45, 2.75) is 26.4 Å². The van der Waals surface area contributed by atoms with E-state index in [4.69, 9.17) is 13.9 Å². The van der Waals surface area contributed by atoms with Crippen LogP contribution in [-0.4, -0.2) is 31.7 Å². The van der Waals surface area contributed by atoms with E-state index >= 15 is 0 Å². The molecule has 8 heteroatoms. The molecular weight excluding hydrogens is 420 g/mol. The maximum atomic E-state index is 12.4. The summed E-state index contributed by atoms with van der Waals surface area (Å²) in [6.45, 7) is 4.59. The third-order valence-electron chi connectivity index (χ3n) is 5.10. The number of furan rings is 1. The Balaban J connectivity index is 1.30. The van der Waals surface area contributed by atoms with Crippen LogP contribution in [0, 0.1) is 0 Å². The van der Waals surface area contributed by atoms with Crippen LogP contribution in [0.4, 0.5) is 0 Å². The van der Waals surface area contributed by atoms with Gasteiger partial charge >= 0.3 is 0 Å². The minimum Gasteiger partial charge on any atom is -0.467 e. The van der Waals surface area contributed by atoms with Gasteiger partial charge in [-0.2, -0.15) is 0 Å². The molecule has 1 aliphatic rings. The minimum absolute atomic E-state index is 0.147. The zero-order chi connectivity index (χ0) is 22.9. The third kappa shape index (κ3) is 6.29. The molecule has 33 heavy (non-hydrogen) atoms. The topological polar surface area (TPSA) is 97.1 Å². The summed E-state index contributed by atoms with van der Waals surface area (Å²) in [5.41, 5.74) is 2.71. The lowest BCUT2D eigenvalue weighted by Gasteiger charge is -2.12. The standard InChI is InChI=1S/C25H28N4O4/c1-2-26-25(27-11-10-18-8-9-22-23(14-18)33-17-32-22)29-15-19-5-3-6-20(13-19)24(30)28-16-21-7-4-12-31-21/h3-9,12-14H,2,10-11,15-17H2,1H3,(H,28,30)(H2,26,27,29). The van der Waals surface area contributed by atoms with Crippen molar-refractivity contribution < 1.29 is 18.7 Å². The van der Waals surface area contributed by atoms with E-state index < -0.39 is 0 Å². The summed E-state index contributed by atoms with van der Waals surface area (Å²) >= 11 is 0. The number of hydrogen-bond acceptors (Lipinski definition) is 5. The SMILES string of the molecule is CCNC(=NCc1cccc(C(=O)NCc2ccco2)c1)NCCc1ccc2c(c1)OCO2. The zero-order valence-corrected chi connectivity index (χ0v) is 18.6. The second-order valence-electron chi connectivity index (χ2n) is 7.52. The van der Waals surface area contributed by atoms with Crippen LogP contribution < -0.4 is 25.4 Å². The van der Waals surface area contributed by atoms with Crippen molar-refractivity contribution in [3.8, 4) is 11.5 Å². The van der Waals surface area contributed by atoms with Crippen molar-refractivity contribution in [2.75, 3.05) is 19.9 Å². The average molecular weight is 449 g/mol. The molecule has 3 N–H and O–H groups in total. The first-order valence-corrected chi connectivity index (χ1v) is 11.0. The summed E-state index contributed by atoms with van der Waals surface area (Å²) in [7, 11) is 0. The third-order valence-corrected chi connectivity index (χ3v) is 5.10. The molecule has 0 fully saturated rings. The number of carbonyl (C=O) groups is 1. The fraction of sp³-hybridized carbons (Fsp3) is 0.280. The summed E-state index contributed by atoms with van der Waals surface area (Å²) in [6.07, 6.45) is 2.41. The van der Waals surface area contributed by atoms with Crippen LogP contribution in [0.5, 0.6) is 11.5 Å². The quantitative estimate of drug-likeness (QED) is 0.344. The number of nitrogens with zero attached hydrogens (tertiary/aromatic N) is 1. The Labute approximate surface area is 193 Å². The summed E-state index contributed by atoms with van der Waals surface area (Å²) in [5.74, 6) is 2.88. The molecule has 0 atom stereocenters. The molecule has 3 aromatic rings. The predicted molar refractivity (Wildman–Crippen MR) is 125 cm³/mol. The lowest BCUT2D eigenvalue weighted by molar-refractivity contribution is 0.0948. The number of carbonyl (C=O) groups excluding carboxylic acids is 1. The molecule has 1 aliphatic heterocycles. The van der Waals surface area contributed by atoms with Gasteiger partial charge in [-0.15, -0.1) is 0 Å². The van der Waals surface area contributed by atoms with Crippen LogP contribution in [0.1, 0.15) is 34.2 Å².